The number of aryl methyl sites for hydroxylation is 2. The summed E-state index contributed by atoms with van der Waals surface area (Å²) in [5, 5.41) is 11.7. The largest absolute Gasteiger partial charge is 0.481 e. The molecule has 0 saturated heterocycles. The number of hydrogen-bond acceptors (Lipinski definition) is 2. The van der Waals surface area contributed by atoms with Gasteiger partial charge in [-0.05, 0) is 38.3 Å². The van der Waals surface area contributed by atoms with E-state index in [1.54, 1.807) is 4.90 Å². The monoisotopic (exact) mass is 292 g/mol. The molecule has 0 radical (unpaired) electrons. The molecule has 0 bridgehead atoms. The van der Waals surface area contributed by atoms with Crippen molar-refractivity contribution in [1.82, 2.24) is 4.90 Å². The molecule has 0 heterocycles. The van der Waals surface area contributed by atoms with Gasteiger partial charge in [0.05, 0.1) is 6.42 Å². The van der Waals surface area contributed by atoms with Crippen LogP contribution in [0.5, 0.6) is 0 Å². The number of para-hydroxylation sites is 1. The van der Waals surface area contributed by atoms with E-state index in [0.717, 1.165) is 23.2 Å². The average Bonchev–Trinajstić information content (AvgIpc) is 2.40. The number of nitrogens with zero attached hydrogens (tertiary/aromatic N) is 1. The summed E-state index contributed by atoms with van der Waals surface area (Å²) < 4.78 is 0. The number of anilines is 1. The minimum absolute atomic E-state index is 0.0555. The molecular formula is C16H24N2O3. The molecule has 0 fully saturated rings. The Morgan fingerprint density at radius 2 is 2.00 bits per heavy atom. The fourth-order valence-electron chi connectivity index (χ4n) is 2.19. The van der Waals surface area contributed by atoms with Crippen molar-refractivity contribution in [2.24, 2.45) is 0 Å². The predicted octanol–water partition coefficient (Wildman–Crippen LogP) is 3.27. The first-order chi connectivity index (χ1) is 9.86. The number of carboxylic acids is 1. The van der Waals surface area contributed by atoms with Crippen molar-refractivity contribution in [2.45, 2.75) is 46.6 Å². The molecule has 116 valence electrons. The Balaban J connectivity index is 2.89. The Bertz CT molecular complexity index is 512. The predicted molar refractivity (Wildman–Crippen MR) is 83.7 cm³/mol. The maximum atomic E-state index is 12.4. The summed E-state index contributed by atoms with van der Waals surface area (Å²) in [5.74, 6) is -0.904. The van der Waals surface area contributed by atoms with Crippen LogP contribution in [-0.2, 0) is 11.2 Å². The van der Waals surface area contributed by atoms with E-state index < -0.39 is 5.97 Å². The van der Waals surface area contributed by atoms with E-state index in [1.807, 2.05) is 45.9 Å². The lowest BCUT2D eigenvalue weighted by molar-refractivity contribution is -0.137. The number of benzene rings is 1. The zero-order valence-corrected chi connectivity index (χ0v) is 13.1. The Morgan fingerprint density at radius 3 is 2.52 bits per heavy atom. The van der Waals surface area contributed by atoms with Gasteiger partial charge in [-0.3, -0.25) is 4.79 Å². The number of urea groups is 1. The molecule has 1 aromatic carbocycles. The highest BCUT2D eigenvalue weighted by Gasteiger charge is 2.19. The van der Waals surface area contributed by atoms with Crippen LogP contribution >= 0.6 is 0 Å². The highest BCUT2D eigenvalue weighted by Crippen LogP contribution is 2.21. The van der Waals surface area contributed by atoms with Gasteiger partial charge in [0.2, 0.25) is 0 Å². The van der Waals surface area contributed by atoms with Crippen LogP contribution in [0.15, 0.2) is 18.2 Å². The van der Waals surface area contributed by atoms with Gasteiger partial charge >= 0.3 is 12.0 Å². The quantitative estimate of drug-likeness (QED) is 0.845. The molecule has 21 heavy (non-hydrogen) atoms. The molecule has 5 nitrogen and oxygen atoms in total. The maximum Gasteiger partial charge on any atom is 0.322 e. The number of carboxylic acid groups (broad SMARTS) is 1. The molecule has 0 spiro atoms. The highest BCUT2D eigenvalue weighted by molar-refractivity contribution is 5.91. The van der Waals surface area contributed by atoms with Crippen molar-refractivity contribution in [2.75, 3.05) is 11.9 Å². The van der Waals surface area contributed by atoms with Crippen LogP contribution in [0.4, 0.5) is 10.5 Å². The molecular weight excluding hydrogens is 268 g/mol. The van der Waals surface area contributed by atoms with Gasteiger partial charge < -0.3 is 15.3 Å². The SMILES string of the molecule is CCc1cccc(C)c1NC(=O)N(CCC(=O)O)C(C)C. The van der Waals surface area contributed by atoms with Crippen molar-refractivity contribution in [3.05, 3.63) is 29.3 Å². The number of carbonyl (C=O) groups is 2. The van der Waals surface area contributed by atoms with Crippen LogP contribution in [0.2, 0.25) is 0 Å². The summed E-state index contributed by atoms with van der Waals surface area (Å²) in [6.07, 6.45) is 0.772. The summed E-state index contributed by atoms with van der Waals surface area (Å²) in [4.78, 5) is 24.7. The van der Waals surface area contributed by atoms with Gasteiger partial charge in [0.1, 0.15) is 0 Å². The van der Waals surface area contributed by atoms with Crippen molar-refractivity contribution in [3.8, 4) is 0 Å². The maximum absolute atomic E-state index is 12.4. The Morgan fingerprint density at radius 1 is 1.33 bits per heavy atom. The van der Waals surface area contributed by atoms with E-state index in [1.165, 1.54) is 0 Å². The van der Waals surface area contributed by atoms with Crippen molar-refractivity contribution >= 4 is 17.7 Å². The molecule has 5 heteroatoms. The van der Waals surface area contributed by atoms with Crippen LogP contribution in [0.3, 0.4) is 0 Å². The van der Waals surface area contributed by atoms with Gasteiger partial charge in [-0.2, -0.15) is 0 Å². The zero-order chi connectivity index (χ0) is 16.0. The smallest absolute Gasteiger partial charge is 0.322 e. The number of hydrogen-bond donors (Lipinski definition) is 2. The molecule has 0 aliphatic carbocycles. The van der Waals surface area contributed by atoms with E-state index in [9.17, 15) is 9.59 Å². The second-order valence-corrected chi connectivity index (χ2v) is 5.32. The van der Waals surface area contributed by atoms with Crippen molar-refractivity contribution in [3.63, 3.8) is 0 Å². The lowest BCUT2D eigenvalue weighted by atomic mass is 10.1. The molecule has 2 amide bonds. The van der Waals surface area contributed by atoms with E-state index in [0.29, 0.717) is 0 Å². The van der Waals surface area contributed by atoms with Crippen LogP contribution in [-0.4, -0.2) is 34.6 Å². The zero-order valence-electron chi connectivity index (χ0n) is 13.1. The van der Waals surface area contributed by atoms with Crippen molar-refractivity contribution < 1.29 is 14.7 Å². The van der Waals surface area contributed by atoms with Crippen LogP contribution < -0.4 is 5.32 Å². The second-order valence-electron chi connectivity index (χ2n) is 5.32. The first-order valence-electron chi connectivity index (χ1n) is 7.24. The van der Waals surface area contributed by atoms with E-state index in [2.05, 4.69) is 5.32 Å². The number of aliphatic carboxylic acids is 1. The van der Waals surface area contributed by atoms with Crippen LogP contribution in [0.1, 0.15) is 38.3 Å². The number of carbonyl (C=O) groups excluding carboxylic acids is 1. The van der Waals surface area contributed by atoms with Crippen molar-refractivity contribution in [1.29, 1.82) is 0 Å². The summed E-state index contributed by atoms with van der Waals surface area (Å²) in [7, 11) is 0. The topological polar surface area (TPSA) is 69.6 Å². The summed E-state index contributed by atoms with van der Waals surface area (Å²) in [6.45, 7) is 7.94. The third-order valence-electron chi connectivity index (χ3n) is 3.42. The normalized spacial score (nSPS) is 10.5. The molecule has 0 unspecified atom stereocenters. The molecule has 2 N–H and O–H groups in total. The first kappa shape index (κ1) is 17.0. The fraction of sp³-hybridized carbons (Fsp3) is 0.500. The fourth-order valence-corrected chi connectivity index (χ4v) is 2.19. The van der Waals surface area contributed by atoms with E-state index in [4.69, 9.17) is 5.11 Å². The summed E-state index contributed by atoms with van der Waals surface area (Å²) >= 11 is 0. The molecule has 1 aromatic rings. The van der Waals surface area contributed by atoms with Gasteiger partial charge in [0.25, 0.3) is 0 Å². The van der Waals surface area contributed by atoms with Gasteiger partial charge in [-0.25, -0.2) is 4.79 Å². The van der Waals surface area contributed by atoms with Gasteiger partial charge in [0, 0.05) is 18.3 Å². The third kappa shape index (κ3) is 4.77. The lowest BCUT2D eigenvalue weighted by Gasteiger charge is -2.27. The molecule has 0 saturated carbocycles. The minimum atomic E-state index is -0.904. The average molecular weight is 292 g/mol. The molecule has 0 aliphatic rings. The Kier molecular flexibility index (Phi) is 6.21. The minimum Gasteiger partial charge on any atom is -0.481 e. The van der Waals surface area contributed by atoms with Crippen LogP contribution in [0, 0.1) is 6.92 Å². The summed E-state index contributed by atoms with van der Waals surface area (Å²) in [5.41, 5.74) is 2.90. The standard InChI is InChI=1S/C16H24N2O3/c1-5-13-8-6-7-12(4)15(13)17-16(21)18(11(2)3)10-9-14(19)20/h6-8,11H,5,9-10H2,1-4H3,(H,17,21)(H,19,20). The number of rotatable bonds is 6. The highest BCUT2D eigenvalue weighted by atomic mass is 16.4. The van der Waals surface area contributed by atoms with E-state index >= 15 is 0 Å². The number of amides is 2. The summed E-state index contributed by atoms with van der Waals surface area (Å²) in [6, 6.07) is 5.59. The molecule has 0 atom stereocenters. The third-order valence-corrected chi connectivity index (χ3v) is 3.42. The molecule has 1 rings (SSSR count). The number of nitrogens with one attached hydrogen (secondary N) is 1. The Hall–Kier alpha value is -2.04. The second kappa shape index (κ2) is 7.67. The Labute approximate surface area is 126 Å². The van der Waals surface area contributed by atoms with Gasteiger partial charge in [-0.15, -0.1) is 0 Å². The lowest BCUT2D eigenvalue weighted by Crippen LogP contribution is -2.41. The first-order valence-corrected chi connectivity index (χ1v) is 7.24. The van der Waals surface area contributed by atoms with Gasteiger partial charge in [0.15, 0.2) is 0 Å². The molecule has 0 aliphatic heterocycles. The van der Waals surface area contributed by atoms with Crippen LogP contribution in [0.25, 0.3) is 0 Å². The van der Waals surface area contributed by atoms with E-state index in [-0.39, 0.29) is 25.0 Å². The van der Waals surface area contributed by atoms with Gasteiger partial charge in [-0.1, -0.05) is 25.1 Å². The molecule has 0 aromatic heterocycles.